The van der Waals surface area contributed by atoms with E-state index in [2.05, 4.69) is 15.9 Å². The van der Waals surface area contributed by atoms with Crippen LogP contribution in [0.4, 0.5) is 0 Å². The van der Waals surface area contributed by atoms with Crippen molar-refractivity contribution in [3.8, 4) is 0 Å². The first-order valence-electron chi connectivity index (χ1n) is 4.94. The number of nitrogens with zero attached hydrogens (tertiary/aromatic N) is 2. The number of rotatable bonds is 5. The van der Waals surface area contributed by atoms with E-state index in [1.54, 1.807) is 4.31 Å². The van der Waals surface area contributed by atoms with Gasteiger partial charge in [-0.1, -0.05) is 22.9 Å². The minimum atomic E-state index is -3.18. The Morgan fingerprint density at radius 2 is 1.93 bits per heavy atom. The molecule has 0 radical (unpaired) electrons. The number of hydrogen-bond donors (Lipinski definition) is 0. The Hall–Kier alpha value is 0.350. The zero-order chi connectivity index (χ0) is 10.6. The van der Waals surface area contributed by atoms with E-state index in [1.165, 1.54) is 4.31 Å². The molecule has 0 unspecified atom stereocenters. The van der Waals surface area contributed by atoms with Crippen LogP contribution in [0.5, 0.6) is 0 Å². The lowest BCUT2D eigenvalue weighted by Crippen LogP contribution is -2.43. The van der Waals surface area contributed by atoms with Crippen LogP contribution in [0.15, 0.2) is 0 Å². The molecule has 1 rings (SSSR count). The number of hydrogen-bond acceptors (Lipinski definition) is 2. The summed E-state index contributed by atoms with van der Waals surface area (Å²) in [4.78, 5) is 0. The SMILES string of the molecule is CCN(CCBr)S(=O)(=O)N1CCCC1. The van der Waals surface area contributed by atoms with Gasteiger partial charge in [0.15, 0.2) is 0 Å². The van der Waals surface area contributed by atoms with Crippen LogP contribution in [-0.2, 0) is 10.2 Å². The average Bonchev–Trinajstić information content (AvgIpc) is 2.66. The minimum Gasteiger partial charge on any atom is -0.195 e. The highest BCUT2D eigenvalue weighted by Crippen LogP contribution is 2.16. The van der Waals surface area contributed by atoms with Gasteiger partial charge in [-0.3, -0.25) is 0 Å². The van der Waals surface area contributed by atoms with Gasteiger partial charge in [0.05, 0.1) is 0 Å². The zero-order valence-corrected chi connectivity index (χ0v) is 10.8. The molecule has 1 saturated heterocycles. The second-order valence-electron chi connectivity index (χ2n) is 3.29. The first-order valence-corrected chi connectivity index (χ1v) is 7.46. The molecule has 0 aliphatic carbocycles. The highest BCUT2D eigenvalue weighted by atomic mass is 79.9. The molecule has 0 atom stereocenters. The van der Waals surface area contributed by atoms with Gasteiger partial charge < -0.3 is 0 Å². The molecule has 1 fully saturated rings. The number of alkyl halides is 1. The highest BCUT2D eigenvalue weighted by Gasteiger charge is 2.29. The summed E-state index contributed by atoms with van der Waals surface area (Å²) < 4.78 is 27.1. The Morgan fingerprint density at radius 1 is 1.36 bits per heavy atom. The second-order valence-corrected chi connectivity index (χ2v) is 6.02. The van der Waals surface area contributed by atoms with Gasteiger partial charge in [0, 0.05) is 31.5 Å². The quantitative estimate of drug-likeness (QED) is 0.708. The molecular weight excluding hydrogens is 268 g/mol. The van der Waals surface area contributed by atoms with E-state index >= 15 is 0 Å². The van der Waals surface area contributed by atoms with E-state index in [0.717, 1.165) is 12.8 Å². The summed E-state index contributed by atoms with van der Waals surface area (Å²) in [6.45, 7) is 4.33. The van der Waals surface area contributed by atoms with E-state index < -0.39 is 10.2 Å². The first-order chi connectivity index (χ1) is 6.62. The predicted molar refractivity (Wildman–Crippen MR) is 60.8 cm³/mol. The second kappa shape index (κ2) is 5.44. The van der Waals surface area contributed by atoms with E-state index in [0.29, 0.717) is 31.5 Å². The summed E-state index contributed by atoms with van der Waals surface area (Å²) >= 11 is 3.27. The monoisotopic (exact) mass is 284 g/mol. The van der Waals surface area contributed by atoms with Gasteiger partial charge in [-0.2, -0.15) is 17.0 Å². The maximum Gasteiger partial charge on any atom is 0.281 e. The van der Waals surface area contributed by atoms with Crippen LogP contribution >= 0.6 is 15.9 Å². The molecule has 1 heterocycles. The van der Waals surface area contributed by atoms with Crippen LogP contribution in [0.2, 0.25) is 0 Å². The molecular formula is C8H17BrN2O2S. The molecule has 0 saturated carbocycles. The maximum absolute atomic E-state index is 12.0. The fourth-order valence-corrected chi connectivity index (χ4v) is 3.97. The van der Waals surface area contributed by atoms with Crippen molar-refractivity contribution in [2.75, 3.05) is 31.5 Å². The standard InChI is InChI=1S/C8H17BrN2O2S/c1-2-10(8-5-9)14(12,13)11-6-3-4-7-11/h2-8H2,1H3. The van der Waals surface area contributed by atoms with Crippen molar-refractivity contribution >= 4 is 26.1 Å². The van der Waals surface area contributed by atoms with Crippen molar-refractivity contribution in [2.24, 2.45) is 0 Å². The molecule has 0 aromatic heterocycles. The van der Waals surface area contributed by atoms with Gasteiger partial charge in [0.1, 0.15) is 0 Å². The largest absolute Gasteiger partial charge is 0.281 e. The van der Waals surface area contributed by atoms with Gasteiger partial charge in [-0.25, -0.2) is 0 Å². The lowest BCUT2D eigenvalue weighted by molar-refractivity contribution is 0.381. The summed E-state index contributed by atoms with van der Waals surface area (Å²) in [5, 5.41) is 0.688. The van der Waals surface area contributed by atoms with E-state index in [1.807, 2.05) is 6.92 Å². The summed E-state index contributed by atoms with van der Waals surface area (Å²) in [7, 11) is -3.18. The summed E-state index contributed by atoms with van der Waals surface area (Å²) in [5.74, 6) is 0. The third-order valence-corrected chi connectivity index (χ3v) is 4.87. The first kappa shape index (κ1) is 12.4. The Balaban J connectivity index is 2.70. The van der Waals surface area contributed by atoms with E-state index in [4.69, 9.17) is 0 Å². The minimum absolute atomic E-state index is 0.546. The Kier molecular flexibility index (Phi) is 4.82. The van der Waals surface area contributed by atoms with Crippen molar-refractivity contribution in [1.82, 2.24) is 8.61 Å². The Bertz CT molecular complexity index is 263. The zero-order valence-electron chi connectivity index (χ0n) is 8.45. The van der Waals surface area contributed by atoms with Gasteiger partial charge in [-0.05, 0) is 12.8 Å². The molecule has 84 valence electrons. The van der Waals surface area contributed by atoms with Crippen LogP contribution in [0.3, 0.4) is 0 Å². The Morgan fingerprint density at radius 3 is 2.36 bits per heavy atom. The molecule has 0 amide bonds. The molecule has 6 heteroatoms. The molecule has 0 spiro atoms. The molecule has 0 aromatic carbocycles. The van der Waals surface area contributed by atoms with E-state index in [-0.39, 0.29) is 0 Å². The maximum atomic E-state index is 12.0. The van der Waals surface area contributed by atoms with Crippen molar-refractivity contribution in [1.29, 1.82) is 0 Å². The molecule has 14 heavy (non-hydrogen) atoms. The Labute approximate surface area is 94.6 Å². The van der Waals surface area contributed by atoms with Gasteiger partial charge in [-0.15, -0.1) is 0 Å². The number of halogens is 1. The van der Waals surface area contributed by atoms with Crippen LogP contribution in [0.1, 0.15) is 19.8 Å². The van der Waals surface area contributed by atoms with Crippen LogP contribution in [0.25, 0.3) is 0 Å². The molecule has 0 N–H and O–H groups in total. The van der Waals surface area contributed by atoms with Gasteiger partial charge in [0.2, 0.25) is 0 Å². The lowest BCUT2D eigenvalue weighted by Gasteiger charge is -2.25. The third-order valence-electron chi connectivity index (χ3n) is 2.40. The van der Waals surface area contributed by atoms with Gasteiger partial charge in [0.25, 0.3) is 10.2 Å². The molecule has 0 aromatic rings. The summed E-state index contributed by atoms with van der Waals surface area (Å²) in [5.41, 5.74) is 0. The lowest BCUT2D eigenvalue weighted by atomic mass is 10.4. The van der Waals surface area contributed by atoms with Crippen molar-refractivity contribution in [3.05, 3.63) is 0 Å². The fourth-order valence-electron chi connectivity index (χ4n) is 1.61. The topological polar surface area (TPSA) is 40.6 Å². The predicted octanol–water partition coefficient (Wildman–Crippen LogP) is 1.04. The highest BCUT2D eigenvalue weighted by molar-refractivity contribution is 9.09. The normalized spacial score (nSPS) is 19.4. The van der Waals surface area contributed by atoms with Crippen LogP contribution in [0, 0.1) is 0 Å². The molecule has 1 aliphatic rings. The van der Waals surface area contributed by atoms with Crippen LogP contribution in [-0.4, -0.2) is 48.5 Å². The van der Waals surface area contributed by atoms with Crippen LogP contribution < -0.4 is 0 Å². The van der Waals surface area contributed by atoms with Gasteiger partial charge >= 0.3 is 0 Å². The summed E-state index contributed by atoms with van der Waals surface area (Å²) in [6, 6.07) is 0. The molecule has 4 nitrogen and oxygen atoms in total. The molecule has 0 bridgehead atoms. The van der Waals surface area contributed by atoms with Crippen molar-refractivity contribution in [2.45, 2.75) is 19.8 Å². The molecule has 1 aliphatic heterocycles. The fraction of sp³-hybridized carbons (Fsp3) is 1.00. The smallest absolute Gasteiger partial charge is 0.195 e. The average molecular weight is 285 g/mol. The van der Waals surface area contributed by atoms with E-state index in [9.17, 15) is 8.42 Å². The van der Waals surface area contributed by atoms with Crippen molar-refractivity contribution < 1.29 is 8.42 Å². The third kappa shape index (κ3) is 2.68. The summed E-state index contributed by atoms with van der Waals surface area (Å²) in [6.07, 6.45) is 1.98. The van der Waals surface area contributed by atoms with Crippen molar-refractivity contribution in [3.63, 3.8) is 0 Å².